The predicted octanol–water partition coefficient (Wildman–Crippen LogP) is 3.31. The van der Waals surface area contributed by atoms with Gasteiger partial charge < -0.3 is 5.11 Å². The Bertz CT molecular complexity index is 355. The van der Waals surface area contributed by atoms with E-state index in [2.05, 4.69) is 0 Å². The standard InChI is InChI=1S/C11H11F5O/c12-10(13,11(14,15)16)6-5-8-1-3-9(7-17)4-2-8/h1-4,17H,5-7H2. The number of aryl methyl sites for hydroxylation is 1. The van der Waals surface area contributed by atoms with Gasteiger partial charge in [-0.3, -0.25) is 0 Å². The zero-order valence-corrected chi connectivity index (χ0v) is 8.77. The molecular formula is C11H11F5O. The number of rotatable bonds is 4. The van der Waals surface area contributed by atoms with Crippen LogP contribution in [-0.2, 0) is 13.0 Å². The smallest absolute Gasteiger partial charge is 0.392 e. The van der Waals surface area contributed by atoms with Crippen molar-refractivity contribution in [3.63, 3.8) is 0 Å². The first kappa shape index (κ1) is 13.9. The predicted molar refractivity (Wildman–Crippen MR) is 51.7 cm³/mol. The van der Waals surface area contributed by atoms with Crippen LogP contribution < -0.4 is 0 Å². The first-order valence-corrected chi connectivity index (χ1v) is 4.89. The van der Waals surface area contributed by atoms with Crippen LogP contribution in [0.5, 0.6) is 0 Å². The van der Waals surface area contributed by atoms with Gasteiger partial charge in [0.2, 0.25) is 0 Å². The van der Waals surface area contributed by atoms with Gasteiger partial charge in [0, 0.05) is 6.42 Å². The Kier molecular flexibility index (Phi) is 4.08. The summed E-state index contributed by atoms with van der Waals surface area (Å²) in [5.41, 5.74) is 0.961. The Morgan fingerprint density at radius 3 is 1.76 bits per heavy atom. The van der Waals surface area contributed by atoms with Crippen molar-refractivity contribution in [1.82, 2.24) is 0 Å². The van der Waals surface area contributed by atoms with Crippen LogP contribution in [-0.4, -0.2) is 17.2 Å². The molecule has 0 saturated carbocycles. The minimum atomic E-state index is -5.50. The van der Waals surface area contributed by atoms with Gasteiger partial charge in [-0.15, -0.1) is 0 Å². The van der Waals surface area contributed by atoms with Gasteiger partial charge in [-0.05, 0) is 17.5 Å². The molecule has 1 aromatic carbocycles. The summed E-state index contributed by atoms with van der Waals surface area (Å²) < 4.78 is 60.8. The number of hydrogen-bond donors (Lipinski definition) is 1. The van der Waals surface area contributed by atoms with Gasteiger partial charge in [-0.2, -0.15) is 22.0 Å². The summed E-state index contributed by atoms with van der Waals surface area (Å²) in [6.45, 7) is -0.195. The van der Waals surface area contributed by atoms with E-state index in [4.69, 9.17) is 5.11 Å². The number of aliphatic hydroxyl groups excluding tert-OH is 1. The average Bonchev–Trinajstić information content (AvgIpc) is 2.25. The van der Waals surface area contributed by atoms with Gasteiger partial charge in [-0.25, -0.2) is 0 Å². The number of aliphatic hydroxyl groups is 1. The summed E-state index contributed by atoms with van der Waals surface area (Å²) in [6, 6.07) is 5.83. The van der Waals surface area contributed by atoms with E-state index in [0.29, 0.717) is 11.1 Å². The molecule has 0 spiro atoms. The van der Waals surface area contributed by atoms with Crippen molar-refractivity contribution in [1.29, 1.82) is 0 Å². The van der Waals surface area contributed by atoms with E-state index in [-0.39, 0.29) is 13.0 Å². The van der Waals surface area contributed by atoms with Crippen LogP contribution >= 0.6 is 0 Å². The molecule has 0 unspecified atom stereocenters. The van der Waals surface area contributed by atoms with Gasteiger partial charge in [-0.1, -0.05) is 24.3 Å². The number of benzene rings is 1. The van der Waals surface area contributed by atoms with Crippen LogP contribution in [0.25, 0.3) is 0 Å². The molecule has 0 bridgehead atoms. The lowest BCUT2D eigenvalue weighted by atomic mass is 10.0. The van der Waals surface area contributed by atoms with E-state index in [0.717, 1.165) is 0 Å². The Morgan fingerprint density at radius 1 is 0.882 bits per heavy atom. The summed E-state index contributed by atoms with van der Waals surface area (Å²) in [5, 5.41) is 8.73. The molecule has 17 heavy (non-hydrogen) atoms. The third-order valence-electron chi connectivity index (χ3n) is 2.35. The van der Waals surface area contributed by atoms with Gasteiger partial charge in [0.15, 0.2) is 0 Å². The number of alkyl halides is 5. The van der Waals surface area contributed by atoms with Crippen molar-refractivity contribution in [2.24, 2.45) is 0 Å². The normalized spacial score (nSPS) is 12.8. The molecule has 0 radical (unpaired) electrons. The monoisotopic (exact) mass is 254 g/mol. The minimum Gasteiger partial charge on any atom is -0.392 e. The molecule has 0 fully saturated rings. The molecule has 0 atom stereocenters. The summed E-state index contributed by atoms with van der Waals surface area (Å²) >= 11 is 0. The minimum absolute atomic E-state index is 0.195. The summed E-state index contributed by atoms with van der Waals surface area (Å²) in [4.78, 5) is 0. The van der Waals surface area contributed by atoms with E-state index >= 15 is 0 Å². The van der Waals surface area contributed by atoms with E-state index in [1.807, 2.05) is 0 Å². The summed E-state index contributed by atoms with van der Waals surface area (Å²) in [7, 11) is 0. The fourth-order valence-electron chi connectivity index (χ4n) is 1.25. The Labute approximate surface area is 94.9 Å². The van der Waals surface area contributed by atoms with E-state index in [1.54, 1.807) is 0 Å². The molecule has 1 aromatic rings. The first-order chi connectivity index (χ1) is 7.76. The lowest BCUT2D eigenvalue weighted by molar-refractivity contribution is -0.284. The fourth-order valence-corrected chi connectivity index (χ4v) is 1.25. The largest absolute Gasteiger partial charge is 0.453 e. The van der Waals surface area contributed by atoms with Crippen LogP contribution in [0.4, 0.5) is 22.0 Å². The lowest BCUT2D eigenvalue weighted by Crippen LogP contribution is -2.36. The summed E-state index contributed by atoms with van der Waals surface area (Å²) in [5.74, 6) is -4.66. The van der Waals surface area contributed by atoms with Crippen LogP contribution in [0.2, 0.25) is 0 Å². The molecule has 0 aliphatic carbocycles. The van der Waals surface area contributed by atoms with Crippen molar-refractivity contribution in [3.05, 3.63) is 35.4 Å². The molecule has 0 heterocycles. The van der Waals surface area contributed by atoms with E-state index < -0.39 is 18.5 Å². The highest BCUT2D eigenvalue weighted by atomic mass is 19.4. The Hall–Kier alpha value is -1.17. The zero-order valence-electron chi connectivity index (χ0n) is 8.77. The maximum Gasteiger partial charge on any atom is 0.453 e. The fraction of sp³-hybridized carbons (Fsp3) is 0.455. The molecule has 1 N–H and O–H groups in total. The van der Waals surface area contributed by atoms with Crippen LogP contribution in [0.1, 0.15) is 17.5 Å². The van der Waals surface area contributed by atoms with Crippen LogP contribution in [0.15, 0.2) is 24.3 Å². The van der Waals surface area contributed by atoms with Gasteiger partial charge >= 0.3 is 12.1 Å². The van der Waals surface area contributed by atoms with Gasteiger partial charge in [0.25, 0.3) is 0 Å². The Morgan fingerprint density at radius 2 is 1.35 bits per heavy atom. The highest BCUT2D eigenvalue weighted by Gasteiger charge is 2.56. The molecule has 0 aliphatic heterocycles. The zero-order chi connectivity index (χ0) is 13.1. The summed E-state index contributed by atoms with van der Waals surface area (Å²) in [6.07, 6.45) is -7.13. The molecule has 96 valence electrons. The third-order valence-corrected chi connectivity index (χ3v) is 2.35. The second kappa shape index (κ2) is 5.00. The van der Waals surface area contributed by atoms with Crippen molar-refractivity contribution in [2.75, 3.05) is 0 Å². The van der Waals surface area contributed by atoms with Crippen molar-refractivity contribution in [2.45, 2.75) is 31.5 Å². The molecule has 0 aliphatic rings. The first-order valence-electron chi connectivity index (χ1n) is 4.89. The Balaban J connectivity index is 2.61. The highest BCUT2D eigenvalue weighted by molar-refractivity contribution is 5.22. The average molecular weight is 254 g/mol. The molecule has 1 nitrogen and oxygen atoms in total. The SMILES string of the molecule is OCc1ccc(CCC(F)(F)C(F)(F)F)cc1. The van der Waals surface area contributed by atoms with Gasteiger partial charge in [0.1, 0.15) is 0 Å². The molecule has 0 saturated heterocycles. The third kappa shape index (κ3) is 3.66. The van der Waals surface area contributed by atoms with Crippen molar-refractivity contribution < 1.29 is 27.1 Å². The molecule has 6 heteroatoms. The molecular weight excluding hydrogens is 243 g/mol. The number of halogens is 5. The van der Waals surface area contributed by atoms with Crippen LogP contribution in [0.3, 0.4) is 0 Å². The van der Waals surface area contributed by atoms with E-state index in [9.17, 15) is 22.0 Å². The second-order valence-corrected chi connectivity index (χ2v) is 3.68. The molecule has 0 amide bonds. The maximum atomic E-state index is 12.6. The number of hydrogen-bond acceptors (Lipinski definition) is 1. The van der Waals surface area contributed by atoms with Gasteiger partial charge in [0.05, 0.1) is 6.61 Å². The van der Waals surface area contributed by atoms with Crippen molar-refractivity contribution in [3.8, 4) is 0 Å². The lowest BCUT2D eigenvalue weighted by Gasteiger charge is -2.19. The van der Waals surface area contributed by atoms with Crippen LogP contribution in [0, 0.1) is 0 Å². The molecule has 1 rings (SSSR count). The molecule has 0 aromatic heterocycles. The topological polar surface area (TPSA) is 20.2 Å². The second-order valence-electron chi connectivity index (χ2n) is 3.68. The highest BCUT2D eigenvalue weighted by Crippen LogP contribution is 2.38. The quantitative estimate of drug-likeness (QED) is 0.817. The maximum absolute atomic E-state index is 12.6. The van der Waals surface area contributed by atoms with Crippen molar-refractivity contribution >= 4 is 0 Å². The van der Waals surface area contributed by atoms with E-state index in [1.165, 1.54) is 24.3 Å².